The zero-order chi connectivity index (χ0) is 18.6. The van der Waals surface area contributed by atoms with Crippen molar-refractivity contribution in [3.05, 3.63) is 72.1 Å². The first-order valence-corrected chi connectivity index (χ1v) is 7.84. The van der Waals surface area contributed by atoms with Crippen LogP contribution in [-0.2, 0) is 12.7 Å². The van der Waals surface area contributed by atoms with Gasteiger partial charge in [-0.25, -0.2) is 0 Å². The summed E-state index contributed by atoms with van der Waals surface area (Å²) < 4.78 is 39.2. The van der Waals surface area contributed by atoms with E-state index in [1.807, 2.05) is 24.3 Å². The number of nitrogens with one attached hydrogen (secondary N) is 1. The maximum absolute atomic E-state index is 12.5. The average molecular weight is 360 g/mol. The molecule has 1 aromatic carbocycles. The van der Waals surface area contributed by atoms with Crippen LogP contribution in [0.2, 0.25) is 0 Å². The maximum atomic E-state index is 12.5. The van der Waals surface area contributed by atoms with Gasteiger partial charge in [0.15, 0.2) is 0 Å². The summed E-state index contributed by atoms with van der Waals surface area (Å²) in [4.78, 5) is 16.2. The minimum absolute atomic E-state index is 0.174. The Balaban J connectivity index is 1.53. The summed E-state index contributed by atoms with van der Waals surface area (Å²) in [6, 6.07) is 11.4. The second-order valence-corrected chi connectivity index (χ2v) is 5.51. The van der Waals surface area contributed by atoms with E-state index in [1.54, 1.807) is 17.1 Å². The van der Waals surface area contributed by atoms with Gasteiger partial charge in [0.1, 0.15) is 5.69 Å². The second kappa shape index (κ2) is 7.38. The van der Waals surface area contributed by atoms with E-state index < -0.39 is 17.6 Å². The van der Waals surface area contributed by atoms with Crippen LogP contribution in [0.15, 0.2) is 60.9 Å². The van der Waals surface area contributed by atoms with E-state index in [9.17, 15) is 18.0 Å². The van der Waals surface area contributed by atoms with Crippen LogP contribution in [0.5, 0.6) is 0 Å². The lowest BCUT2D eigenvalue weighted by atomic mass is 10.1. The lowest BCUT2D eigenvalue weighted by Crippen LogP contribution is -2.27. The third kappa shape index (κ3) is 4.27. The molecule has 0 aliphatic carbocycles. The Morgan fingerprint density at radius 1 is 1.04 bits per heavy atom. The summed E-state index contributed by atoms with van der Waals surface area (Å²) in [5.41, 5.74) is 0.861. The van der Waals surface area contributed by atoms with Crippen molar-refractivity contribution in [3.63, 3.8) is 0 Å². The molecule has 0 spiro atoms. The summed E-state index contributed by atoms with van der Waals surface area (Å²) >= 11 is 0. The summed E-state index contributed by atoms with van der Waals surface area (Å²) in [6.07, 6.45) is -0.965. The quantitative estimate of drug-likeness (QED) is 0.759. The van der Waals surface area contributed by atoms with Gasteiger partial charge in [-0.05, 0) is 42.5 Å². The molecule has 8 heteroatoms. The molecule has 0 bridgehead atoms. The number of aromatic nitrogens is 3. The van der Waals surface area contributed by atoms with Crippen LogP contribution in [0.25, 0.3) is 11.4 Å². The number of amides is 1. The van der Waals surface area contributed by atoms with E-state index in [1.165, 1.54) is 0 Å². The zero-order valence-corrected chi connectivity index (χ0v) is 13.6. The predicted molar refractivity (Wildman–Crippen MR) is 89.2 cm³/mol. The molecule has 2 heterocycles. The minimum atomic E-state index is -4.42. The van der Waals surface area contributed by atoms with Crippen molar-refractivity contribution in [3.8, 4) is 11.4 Å². The van der Waals surface area contributed by atoms with E-state index in [0.717, 1.165) is 35.7 Å². The van der Waals surface area contributed by atoms with Crippen molar-refractivity contribution in [2.75, 3.05) is 6.54 Å². The highest BCUT2D eigenvalue weighted by Crippen LogP contribution is 2.29. The van der Waals surface area contributed by atoms with Gasteiger partial charge in [0, 0.05) is 24.5 Å². The Labute approximate surface area is 147 Å². The zero-order valence-electron chi connectivity index (χ0n) is 13.6. The summed E-state index contributed by atoms with van der Waals surface area (Å²) in [6.45, 7) is 0.725. The van der Waals surface area contributed by atoms with Crippen LogP contribution in [0, 0.1) is 0 Å². The van der Waals surface area contributed by atoms with Gasteiger partial charge < -0.3 is 5.32 Å². The lowest BCUT2D eigenvalue weighted by molar-refractivity contribution is -0.137. The molecule has 3 rings (SSSR count). The maximum Gasteiger partial charge on any atom is 0.416 e. The molecule has 26 heavy (non-hydrogen) atoms. The Hall–Kier alpha value is -3.16. The van der Waals surface area contributed by atoms with E-state index in [2.05, 4.69) is 15.4 Å². The highest BCUT2D eigenvalue weighted by Gasteiger charge is 2.30. The fraction of sp³-hybridized carbons (Fsp3) is 0.167. The van der Waals surface area contributed by atoms with Gasteiger partial charge >= 0.3 is 6.18 Å². The first-order chi connectivity index (χ1) is 12.4. The molecular formula is C18H15F3N4O. The lowest BCUT2D eigenvalue weighted by Gasteiger charge is -2.08. The number of hydrogen-bond donors (Lipinski definition) is 1. The van der Waals surface area contributed by atoms with Gasteiger partial charge in [0.25, 0.3) is 5.91 Å². The number of carbonyl (C=O) groups excluding carboxylic acids is 1. The Kier molecular flexibility index (Phi) is 5.01. The number of halogens is 3. The number of nitrogens with zero attached hydrogens (tertiary/aromatic N) is 3. The fourth-order valence-corrected chi connectivity index (χ4v) is 2.33. The summed E-state index contributed by atoms with van der Waals surface area (Å²) in [5, 5.41) is 7.02. The molecule has 0 radical (unpaired) electrons. The fourth-order valence-electron chi connectivity index (χ4n) is 2.33. The van der Waals surface area contributed by atoms with Crippen molar-refractivity contribution in [2.45, 2.75) is 12.7 Å². The number of pyridine rings is 1. The van der Waals surface area contributed by atoms with Gasteiger partial charge in [-0.15, -0.1) is 0 Å². The number of carbonyl (C=O) groups is 1. The molecule has 1 N–H and O–H groups in total. The Morgan fingerprint density at radius 2 is 1.81 bits per heavy atom. The second-order valence-electron chi connectivity index (χ2n) is 5.51. The number of benzene rings is 1. The monoisotopic (exact) mass is 360 g/mol. The SMILES string of the molecule is O=C(NCCn1ccc(-c2ccccn2)n1)c1ccc(C(F)(F)F)cc1. The van der Waals surface area contributed by atoms with Crippen LogP contribution in [0.4, 0.5) is 13.2 Å². The van der Waals surface area contributed by atoms with Gasteiger partial charge in [-0.1, -0.05) is 6.07 Å². The Morgan fingerprint density at radius 3 is 2.46 bits per heavy atom. The minimum Gasteiger partial charge on any atom is -0.350 e. The molecule has 5 nitrogen and oxygen atoms in total. The molecule has 0 aliphatic heterocycles. The number of hydrogen-bond acceptors (Lipinski definition) is 3. The van der Waals surface area contributed by atoms with Crippen LogP contribution in [0.3, 0.4) is 0 Å². The van der Waals surface area contributed by atoms with Crippen molar-refractivity contribution in [1.29, 1.82) is 0 Å². The van der Waals surface area contributed by atoms with Gasteiger partial charge in [-0.2, -0.15) is 18.3 Å². The smallest absolute Gasteiger partial charge is 0.350 e. The normalized spacial score (nSPS) is 11.3. The van der Waals surface area contributed by atoms with E-state index in [0.29, 0.717) is 13.1 Å². The molecule has 134 valence electrons. The molecule has 2 aromatic heterocycles. The van der Waals surface area contributed by atoms with Gasteiger partial charge in [0.05, 0.1) is 17.8 Å². The van der Waals surface area contributed by atoms with Crippen LogP contribution < -0.4 is 5.32 Å². The van der Waals surface area contributed by atoms with Crippen LogP contribution >= 0.6 is 0 Å². The first kappa shape index (κ1) is 17.7. The molecule has 1 amide bonds. The molecular weight excluding hydrogens is 345 g/mol. The highest BCUT2D eigenvalue weighted by atomic mass is 19.4. The van der Waals surface area contributed by atoms with Crippen molar-refractivity contribution in [2.24, 2.45) is 0 Å². The van der Waals surface area contributed by atoms with Gasteiger partial charge in [-0.3, -0.25) is 14.5 Å². The van der Waals surface area contributed by atoms with E-state index in [-0.39, 0.29) is 5.56 Å². The number of rotatable bonds is 5. The predicted octanol–water partition coefficient (Wildman–Crippen LogP) is 3.39. The van der Waals surface area contributed by atoms with Crippen molar-refractivity contribution >= 4 is 5.91 Å². The molecule has 0 fully saturated rings. The van der Waals surface area contributed by atoms with E-state index >= 15 is 0 Å². The highest BCUT2D eigenvalue weighted by molar-refractivity contribution is 5.94. The molecule has 0 atom stereocenters. The summed E-state index contributed by atoms with van der Waals surface area (Å²) in [7, 11) is 0. The van der Waals surface area contributed by atoms with E-state index in [4.69, 9.17) is 0 Å². The Bertz CT molecular complexity index is 873. The number of alkyl halides is 3. The largest absolute Gasteiger partial charge is 0.416 e. The third-order valence-corrected chi connectivity index (χ3v) is 3.67. The van der Waals surface area contributed by atoms with Crippen LogP contribution in [-0.4, -0.2) is 27.2 Å². The first-order valence-electron chi connectivity index (χ1n) is 7.84. The third-order valence-electron chi connectivity index (χ3n) is 3.67. The van der Waals surface area contributed by atoms with Gasteiger partial charge in [0.2, 0.25) is 0 Å². The molecule has 0 aliphatic rings. The molecule has 3 aromatic rings. The van der Waals surface area contributed by atoms with Crippen LogP contribution in [0.1, 0.15) is 15.9 Å². The van der Waals surface area contributed by atoms with Crippen molar-refractivity contribution < 1.29 is 18.0 Å². The summed E-state index contributed by atoms with van der Waals surface area (Å²) in [5.74, 6) is -0.434. The van der Waals surface area contributed by atoms with Crippen molar-refractivity contribution in [1.82, 2.24) is 20.1 Å². The molecule has 0 saturated heterocycles. The molecule has 0 unspecified atom stereocenters. The standard InChI is InChI=1S/C18H15F3N4O/c19-18(20,21)14-6-4-13(5-7-14)17(26)23-10-12-25-11-8-16(24-25)15-3-1-2-9-22-15/h1-9,11H,10,12H2,(H,23,26). The average Bonchev–Trinajstić information content (AvgIpc) is 3.11. The molecule has 0 saturated carbocycles. The topological polar surface area (TPSA) is 59.8 Å².